The normalized spacial score (nSPS) is 21.8. The molecule has 16 heavy (non-hydrogen) atoms. The summed E-state index contributed by atoms with van der Waals surface area (Å²) in [6, 6.07) is -0.0679. The molecule has 94 valence electrons. The summed E-state index contributed by atoms with van der Waals surface area (Å²) < 4.78 is 0. The zero-order valence-corrected chi connectivity index (χ0v) is 10.2. The number of hydrogen-bond donors (Lipinski definition) is 3. The molecule has 1 fully saturated rings. The minimum atomic E-state index is -0.0679. The van der Waals surface area contributed by atoms with Crippen LogP contribution in [0.15, 0.2) is 0 Å². The number of nitrogens with two attached hydrogens (primary N) is 1. The van der Waals surface area contributed by atoms with Crippen molar-refractivity contribution in [2.24, 2.45) is 11.7 Å². The van der Waals surface area contributed by atoms with Crippen molar-refractivity contribution in [2.45, 2.75) is 19.3 Å². The van der Waals surface area contributed by atoms with Crippen molar-refractivity contribution in [3.63, 3.8) is 0 Å². The third kappa shape index (κ3) is 5.32. The highest BCUT2D eigenvalue weighted by molar-refractivity contribution is 5.73. The summed E-state index contributed by atoms with van der Waals surface area (Å²) in [6.07, 6.45) is 3.28. The zero-order valence-electron chi connectivity index (χ0n) is 10.2. The van der Waals surface area contributed by atoms with Gasteiger partial charge in [-0.25, -0.2) is 4.79 Å². The van der Waals surface area contributed by atoms with E-state index in [4.69, 9.17) is 5.73 Å². The maximum absolute atomic E-state index is 11.4. The van der Waals surface area contributed by atoms with Crippen LogP contribution in [0.25, 0.3) is 0 Å². The first-order chi connectivity index (χ1) is 7.72. The van der Waals surface area contributed by atoms with E-state index in [1.54, 1.807) is 0 Å². The summed E-state index contributed by atoms with van der Waals surface area (Å²) in [4.78, 5) is 13.7. The first kappa shape index (κ1) is 13.3. The van der Waals surface area contributed by atoms with Crippen LogP contribution in [0.3, 0.4) is 0 Å². The Balaban J connectivity index is 2.06. The van der Waals surface area contributed by atoms with Gasteiger partial charge in [-0.1, -0.05) is 0 Å². The first-order valence-electron chi connectivity index (χ1n) is 6.12. The van der Waals surface area contributed by atoms with E-state index in [0.29, 0.717) is 19.0 Å². The Hall–Kier alpha value is -0.810. The third-order valence-corrected chi connectivity index (χ3v) is 2.94. The molecule has 0 radical (unpaired) electrons. The average molecular weight is 228 g/mol. The lowest BCUT2D eigenvalue weighted by molar-refractivity contribution is 0.202. The molecule has 5 nitrogen and oxygen atoms in total. The topological polar surface area (TPSA) is 70.4 Å². The van der Waals surface area contributed by atoms with Crippen molar-refractivity contribution >= 4 is 6.03 Å². The summed E-state index contributed by atoms with van der Waals surface area (Å²) in [5, 5.41) is 5.71. The van der Waals surface area contributed by atoms with E-state index in [1.165, 1.54) is 19.4 Å². The molecule has 2 amide bonds. The summed E-state index contributed by atoms with van der Waals surface area (Å²) in [5.74, 6) is 0.596. The minimum absolute atomic E-state index is 0.0679. The number of amides is 2. The molecule has 5 heteroatoms. The molecule has 0 aliphatic carbocycles. The molecule has 0 aromatic heterocycles. The van der Waals surface area contributed by atoms with Crippen molar-refractivity contribution < 1.29 is 4.79 Å². The highest BCUT2D eigenvalue weighted by Crippen LogP contribution is 2.13. The number of nitrogens with one attached hydrogen (secondary N) is 2. The molecule has 0 aromatic carbocycles. The van der Waals surface area contributed by atoms with Gasteiger partial charge in [0.05, 0.1) is 0 Å². The standard InChI is InChI=1S/C11H24N4O/c1-15-7-2-4-10(9-15)8-14-11(16)13-6-3-5-12/h10H,2-9,12H2,1H3,(H2,13,14,16). The Bertz CT molecular complexity index is 210. The van der Waals surface area contributed by atoms with Crippen LogP contribution in [0, 0.1) is 5.92 Å². The van der Waals surface area contributed by atoms with Crippen molar-refractivity contribution in [3.05, 3.63) is 0 Å². The summed E-state index contributed by atoms with van der Waals surface area (Å²) in [7, 11) is 2.13. The fraction of sp³-hybridized carbons (Fsp3) is 0.909. The summed E-state index contributed by atoms with van der Waals surface area (Å²) in [6.45, 7) is 4.32. The highest BCUT2D eigenvalue weighted by atomic mass is 16.2. The molecule has 1 saturated heterocycles. The fourth-order valence-corrected chi connectivity index (χ4v) is 2.04. The molecule has 0 aromatic rings. The van der Waals surface area contributed by atoms with E-state index in [9.17, 15) is 4.79 Å². The van der Waals surface area contributed by atoms with Crippen molar-refractivity contribution in [3.8, 4) is 0 Å². The van der Waals surface area contributed by atoms with Gasteiger partial charge in [0.15, 0.2) is 0 Å². The SMILES string of the molecule is CN1CCCC(CNC(=O)NCCCN)C1. The lowest BCUT2D eigenvalue weighted by atomic mass is 9.99. The van der Waals surface area contributed by atoms with Gasteiger partial charge in [0.2, 0.25) is 0 Å². The van der Waals surface area contributed by atoms with Gasteiger partial charge in [0.25, 0.3) is 0 Å². The predicted molar refractivity (Wildman–Crippen MR) is 65.3 cm³/mol. The second-order valence-electron chi connectivity index (χ2n) is 4.55. The molecule has 1 unspecified atom stereocenters. The highest BCUT2D eigenvalue weighted by Gasteiger charge is 2.17. The largest absolute Gasteiger partial charge is 0.338 e. The molecule has 0 bridgehead atoms. The molecule has 1 heterocycles. The van der Waals surface area contributed by atoms with Gasteiger partial charge in [-0.05, 0) is 45.3 Å². The Morgan fingerprint density at radius 2 is 2.31 bits per heavy atom. The molecule has 1 aliphatic rings. The minimum Gasteiger partial charge on any atom is -0.338 e. The molecule has 1 rings (SSSR count). The second-order valence-corrected chi connectivity index (χ2v) is 4.55. The molecular weight excluding hydrogens is 204 g/mol. The van der Waals surface area contributed by atoms with Crippen LogP contribution < -0.4 is 16.4 Å². The van der Waals surface area contributed by atoms with E-state index in [-0.39, 0.29) is 6.03 Å². The maximum Gasteiger partial charge on any atom is 0.314 e. The number of rotatable bonds is 5. The van der Waals surface area contributed by atoms with E-state index in [0.717, 1.165) is 19.5 Å². The van der Waals surface area contributed by atoms with Gasteiger partial charge in [-0.3, -0.25) is 0 Å². The van der Waals surface area contributed by atoms with Crippen LogP contribution in [0.5, 0.6) is 0 Å². The van der Waals surface area contributed by atoms with Crippen molar-refractivity contribution in [2.75, 3.05) is 39.8 Å². The van der Waals surface area contributed by atoms with Crippen LogP contribution in [-0.4, -0.2) is 50.7 Å². The number of carbonyl (C=O) groups excluding carboxylic acids is 1. The van der Waals surface area contributed by atoms with Gasteiger partial charge in [0, 0.05) is 19.6 Å². The Labute approximate surface area is 97.7 Å². The Kier molecular flexibility index (Phi) is 6.18. The van der Waals surface area contributed by atoms with E-state index >= 15 is 0 Å². The van der Waals surface area contributed by atoms with Gasteiger partial charge in [-0.15, -0.1) is 0 Å². The van der Waals surface area contributed by atoms with Crippen LogP contribution in [0.4, 0.5) is 4.79 Å². The van der Waals surface area contributed by atoms with Crippen LogP contribution in [0.1, 0.15) is 19.3 Å². The molecule has 1 aliphatic heterocycles. The maximum atomic E-state index is 11.4. The molecular formula is C11H24N4O. The van der Waals surface area contributed by atoms with E-state index in [2.05, 4.69) is 22.6 Å². The number of hydrogen-bond acceptors (Lipinski definition) is 3. The Morgan fingerprint density at radius 1 is 1.50 bits per heavy atom. The van der Waals surface area contributed by atoms with Gasteiger partial charge < -0.3 is 21.3 Å². The van der Waals surface area contributed by atoms with E-state index in [1.807, 2.05) is 0 Å². The average Bonchev–Trinajstić information content (AvgIpc) is 2.27. The van der Waals surface area contributed by atoms with Gasteiger partial charge >= 0.3 is 6.03 Å². The lowest BCUT2D eigenvalue weighted by Gasteiger charge is -2.29. The van der Waals surface area contributed by atoms with Gasteiger partial charge in [0.1, 0.15) is 0 Å². The van der Waals surface area contributed by atoms with Crippen molar-refractivity contribution in [1.82, 2.24) is 15.5 Å². The van der Waals surface area contributed by atoms with Crippen LogP contribution in [0.2, 0.25) is 0 Å². The van der Waals surface area contributed by atoms with Crippen LogP contribution >= 0.6 is 0 Å². The van der Waals surface area contributed by atoms with Crippen LogP contribution in [-0.2, 0) is 0 Å². The molecule has 0 spiro atoms. The number of likely N-dealkylation sites (tertiary alicyclic amines) is 1. The number of nitrogens with zero attached hydrogens (tertiary/aromatic N) is 1. The third-order valence-electron chi connectivity index (χ3n) is 2.94. The summed E-state index contributed by atoms with van der Waals surface area (Å²) >= 11 is 0. The lowest BCUT2D eigenvalue weighted by Crippen LogP contribution is -2.43. The second kappa shape index (κ2) is 7.46. The Morgan fingerprint density at radius 3 is 3.00 bits per heavy atom. The molecule has 0 saturated carbocycles. The zero-order chi connectivity index (χ0) is 11.8. The monoisotopic (exact) mass is 228 g/mol. The van der Waals surface area contributed by atoms with Crippen molar-refractivity contribution in [1.29, 1.82) is 0 Å². The number of urea groups is 1. The first-order valence-corrected chi connectivity index (χ1v) is 6.12. The molecule has 1 atom stereocenters. The summed E-state index contributed by atoms with van der Waals surface area (Å²) in [5.41, 5.74) is 5.34. The quantitative estimate of drug-likeness (QED) is 0.579. The van der Waals surface area contributed by atoms with E-state index < -0.39 is 0 Å². The number of carbonyl (C=O) groups is 1. The molecule has 4 N–H and O–H groups in total. The van der Waals surface area contributed by atoms with Gasteiger partial charge in [-0.2, -0.15) is 0 Å². The fourth-order valence-electron chi connectivity index (χ4n) is 2.04. The predicted octanol–water partition coefficient (Wildman–Crippen LogP) is -0.0238. The number of piperidine rings is 1. The smallest absolute Gasteiger partial charge is 0.314 e.